The van der Waals surface area contributed by atoms with E-state index in [4.69, 9.17) is 14.7 Å². The van der Waals surface area contributed by atoms with Gasteiger partial charge in [0.15, 0.2) is 5.69 Å². The van der Waals surface area contributed by atoms with E-state index in [0.717, 1.165) is 77.1 Å². The minimum atomic E-state index is -0.534. The number of nitrogens with zero attached hydrogens (tertiary/aromatic N) is 4. The number of hydrogen-bond acceptors (Lipinski definition) is 6. The molecule has 0 unspecified atom stereocenters. The fraction of sp³-hybridized carbons (Fsp3) is 0.250. The maximum atomic E-state index is 13.3. The number of carbonyl (C=O) groups excluding carboxylic acids is 3. The van der Waals surface area contributed by atoms with Crippen molar-refractivity contribution < 1.29 is 19.1 Å². The lowest BCUT2D eigenvalue weighted by Gasteiger charge is -2.23. The Bertz CT molecular complexity index is 2250. The Morgan fingerprint density at radius 2 is 1.15 bits per heavy atom. The average molecular weight is 719 g/mol. The van der Waals surface area contributed by atoms with Crippen molar-refractivity contribution in [2.24, 2.45) is 0 Å². The van der Waals surface area contributed by atoms with Crippen molar-refractivity contribution >= 4 is 17.8 Å². The molecule has 0 saturated carbocycles. The van der Waals surface area contributed by atoms with Crippen molar-refractivity contribution in [2.75, 3.05) is 20.2 Å². The van der Waals surface area contributed by atoms with E-state index in [2.05, 4.69) is 34.2 Å². The molecular weight excluding hydrogens is 677 g/mol. The second-order valence-corrected chi connectivity index (χ2v) is 14.0. The van der Waals surface area contributed by atoms with Crippen LogP contribution in [0.3, 0.4) is 0 Å². The van der Waals surface area contributed by atoms with Gasteiger partial charge in [0.05, 0.1) is 49.6 Å². The highest BCUT2D eigenvalue weighted by atomic mass is 16.5. The van der Waals surface area contributed by atoms with Crippen LogP contribution in [0.25, 0.3) is 33.6 Å². The number of carbonyl (C=O) groups is 3. The Balaban J connectivity index is 0.964. The Kier molecular flexibility index (Phi) is 9.89. The number of amides is 2. The molecule has 2 aliphatic heterocycles. The maximum absolute atomic E-state index is 13.3. The molecule has 4 heterocycles. The lowest BCUT2D eigenvalue weighted by Crippen LogP contribution is -2.32. The summed E-state index contributed by atoms with van der Waals surface area (Å²) in [6.07, 6.45) is 6.01. The van der Waals surface area contributed by atoms with E-state index in [9.17, 15) is 14.4 Å². The van der Waals surface area contributed by atoms with E-state index in [1.807, 2.05) is 101 Å². The minimum absolute atomic E-state index is 0.0380. The Hall–Kier alpha value is -6.29. The summed E-state index contributed by atoms with van der Waals surface area (Å²) in [7, 11) is 1.35. The highest BCUT2D eigenvalue weighted by molar-refractivity contribution is 5.94. The lowest BCUT2D eigenvalue weighted by molar-refractivity contribution is -0.132. The van der Waals surface area contributed by atoms with Crippen molar-refractivity contribution in [3.8, 4) is 33.6 Å². The van der Waals surface area contributed by atoms with E-state index in [1.54, 1.807) is 0 Å². The third-order valence-corrected chi connectivity index (χ3v) is 10.6. The molecule has 2 fully saturated rings. The topological polar surface area (TPSA) is 124 Å². The predicted molar refractivity (Wildman–Crippen MR) is 206 cm³/mol. The molecular formula is C44H42N6O4. The molecule has 10 nitrogen and oxygen atoms in total. The van der Waals surface area contributed by atoms with Crippen LogP contribution in [0.2, 0.25) is 0 Å². The second kappa shape index (κ2) is 15.4. The lowest BCUT2D eigenvalue weighted by atomic mass is 10.0. The van der Waals surface area contributed by atoms with Crippen molar-refractivity contribution in [2.45, 2.75) is 50.6 Å². The third kappa shape index (κ3) is 7.19. The van der Waals surface area contributed by atoms with Gasteiger partial charge in [-0.1, -0.05) is 109 Å². The number of rotatable bonds is 10. The van der Waals surface area contributed by atoms with Crippen LogP contribution in [0.5, 0.6) is 0 Å². The molecule has 0 spiro atoms. The number of H-pyrrole nitrogens is 2. The fourth-order valence-electron chi connectivity index (χ4n) is 7.77. The first kappa shape index (κ1) is 34.8. The summed E-state index contributed by atoms with van der Waals surface area (Å²) < 4.78 is 5.11. The van der Waals surface area contributed by atoms with Gasteiger partial charge in [-0.05, 0) is 53.5 Å². The molecule has 2 aromatic heterocycles. The van der Waals surface area contributed by atoms with E-state index in [-0.39, 0.29) is 29.6 Å². The fourth-order valence-corrected chi connectivity index (χ4v) is 7.77. The number of esters is 1. The summed E-state index contributed by atoms with van der Waals surface area (Å²) in [6, 6.07) is 35.5. The van der Waals surface area contributed by atoms with Crippen LogP contribution in [0, 0.1) is 0 Å². The van der Waals surface area contributed by atoms with Crippen LogP contribution in [0.4, 0.5) is 0 Å². The largest absolute Gasteiger partial charge is 0.464 e. The summed E-state index contributed by atoms with van der Waals surface area (Å²) in [5.74, 6) is 1.03. The molecule has 0 radical (unpaired) electrons. The van der Waals surface area contributed by atoms with Crippen LogP contribution in [0.15, 0.2) is 115 Å². The van der Waals surface area contributed by atoms with Gasteiger partial charge in [-0.15, -0.1) is 0 Å². The monoisotopic (exact) mass is 718 g/mol. The second-order valence-electron chi connectivity index (χ2n) is 14.0. The van der Waals surface area contributed by atoms with E-state index in [0.29, 0.717) is 30.9 Å². The predicted octanol–water partition coefficient (Wildman–Crippen LogP) is 7.73. The Morgan fingerprint density at radius 3 is 1.69 bits per heavy atom. The summed E-state index contributed by atoms with van der Waals surface area (Å²) in [5.41, 5.74) is 7.51. The van der Waals surface area contributed by atoms with Gasteiger partial charge in [-0.3, -0.25) is 9.59 Å². The van der Waals surface area contributed by atoms with Gasteiger partial charge in [0.1, 0.15) is 11.6 Å². The van der Waals surface area contributed by atoms with Crippen molar-refractivity contribution in [3.05, 3.63) is 144 Å². The molecule has 0 bridgehead atoms. The highest BCUT2D eigenvalue weighted by Gasteiger charge is 2.34. The summed E-state index contributed by atoms with van der Waals surface area (Å²) in [5, 5.41) is 0. The van der Waals surface area contributed by atoms with Gasteiger partial charge in [0, 0.05) is 18.7 Å². The molecule has 2 atom stereocenters. The molecule has 2 amide bonds. The molecule has 2 N–H and O–H groups in total. The van der Waals surface area contributed by atoms with Gasteiger partial charge in [0.2, 0.25) is 11.8 Å². The quantitative estimate of drug-likeness (QED) is 0.140. The smallest absolute Gasteiger partial charge is 0.358 e. The number of aromatic amines is 2. The summed E-state index contributed by atoms with van der Waals surface area (Å²) in [6.45, 7) is 1.38. The maximum Gasteiger partial charge on any atom is 0.358 e. The van der Waals surface area contributed by atoms with Crippen molar-refractivity contribution in [1.29, 1.82) is 0 Å². The standard InChI is InChI=1S/C44H42N6O4/c1-54-44(53)41-40(47-43(48-41)37-15-9-25-50(37)39(52)27-30-12-6-3-7-13-30)34-22-18-32(19-23-34)31-16-20-33(21-17-31)35-28-45-42(46-35)36-14-8-24-49(36)38(51)26-29-10-4-2-5-11-29/h2-7,10-13,16-23,28,36-37H,8-9,14-15,24-27H2,1H3,(H,45,46)(H,47,48)/t36-,37-/m0/s1. The van der Waals surface area contributed by atoms with Crippen LogP contribution >= 0.6 is 0 Å². The van der Waals surface area contributed by atoms with Gasteiger partial charge in [0.25, 0.3) is 0 Å². The molecule has 272 valence electrons. The van der Waals surface area contributed by atoms with Gasteiger partial charge in [-0.2, -0.15) is 0 Å². The van der Waals surface area contributed by atoms with E-state index in [1.165, 1.54) is 7.11 Å². The van der Waals surface area contributed by atoms with Gasteiger partial charge < -0.3 is 24.5 Å². The number of likely N-dealkylation sites (tertiary alicyclic amines) is 2. The number of imidazole rings is 2. The van der Waals surface area contributed by atoms with E-state index >= 15 is 0 Å². The number of aromatic nitrogens is 4. The molecule has 4 aromatic carbocycles. The van der Waals surface area contributed by atoms with Gasteiger partial charge >= 0.3 is 5.97 Å². The van der Waals surface area contributed by atoms with Crippen LogP contribution in [0.1, 0.15) is 71.0 Å². The zero-order chi connectivity index (χ0) is 37.0. The van der Waals surface area contributed by atoms with Gasteiger partial charge in [-0.25, -0.2) is 14.8 Å². The summed E-state index contributed by atoms with van der Waals surface area (Å²) >= 11 is 0. The van der Waals surface area contributed by atoms with Crippen molar-refractivity contribution in [3.63, 3.8) is 0 Å². The van der Waals surface area contributed by atoms with Crippen LogP contribution in [-0.4, -0.2) is 67.7 Å². The molecule has 2 saturated heterocycles. The average Bonchev–Trinajstić information content (AvgIpc) is 4.05. The highest BCUT2D eigenvalue weighted by Crippen LogP contribution is 2.36. The first-order valence-corrected chi connectivity index (χ1v) is 18.6. The van der Waals surface area contributed by atoms with Crippen LogP contribution < -0.4 is 0 Å². The molecule has 6 aromatic rings. The normalized spacial score (nSPS) is 16.8. The summed E-state index contributed by atoms with van der Waals surface area (Å²) in [4.78, 5) is 59.6. The zero-order valence-corrected chi connectivity index (χ0v) is 30.2. The number of ether oxygens (including phenoxy) is 1. The molecule has 2 aliphatic rings. The SMILES string of the molecule is COC(=O)c1nc([C@@H]2CCCN2C(=O)Cc2ccccc2)[nH]c1-c1ccc(-c2ccc(-c3cnc([C@@H]4CCCN4C(=O)Cc4ccccc4)[nH]3)cc2)cc1. The zero-order valence-electron chi connectivity index (χ0n) is 30.2. The van der Waals surface area contributed by atoms with Crippen molar-refractivity contribution in [1.82, 2.24) is 29.7 Å². The first-order valence-electron chi connectivity index (χ1n) is 18.6. The number of methoxy groups -OCH3 is 1. The number of nitrogens with one attached hydrogen (secondary N) is 2. The Labute approximate surface area is 314 Å². The Morgan fingerprint density at radius 1 is 0.648 bits per heavy atom. The minimum Gasteiger partial charge on any atom is -0.464 e. The van der Waals surface area contributed by atoms with Crippen LogP contribution in [-0.2, 0) is 27.2 Å². The first-order chi connectivity index (χ1) is 26.4. The molecule has 10 heteroatoms. The molecule has 0 aliphatic carbocycles. The molecule has 54 heavy (non-hydrogen) atoms. The number of benzene rings is 4. The molecule has 8 rings (SSSR count). The third-order valence-electron chi connectivity index (χ3n) is 10.6. The van der Waals surface area contributed by atoms with E-state index < -0.39 is 5.97 Å². The number of hydrogen-bond donors (Lipinski definition) is 2.